The van der Waals surface area contributed by atoms with Crippen molar-refractivity contribution in [2.24, 2.45) is 0 Å². The predicted octanol–water partition coefficient (Wildman–Crippen LogP) is 4.04. The fraction of sp³-hybridized carbons (Fsp3) is 0.304. The van der Waals surface area contributed by atoms with Crippen LogP contribution in [-0.4, -0.2) is 61.8 Å². The first-order valence-electron chi connectivity index (χ1n) is 10.6. The Hall–Kier alpha value is -4.09. The van der Waals surface area contributed by atoms with E-state index in [1.54, 1.807) is 29.7 Å². The number of alkyl halides is 3. The van der Waals surface area contributed by atoms with Crippen molar-refractivity contribution in [3.05, 3.63) is 78.9 Å². The number of benzene rings is 1. The van der Waals surface area contributed by atoms with Crippen LogP contribution in [0.3, 0.4) is 0 Å². The maximum Gasteiger partial charge on any atom is 0.416 e. The van der Waals surface area contributed by atoms with Gasteiger partial charge in [0, 0.05) is 31.3 Å². The lowest BCUT2D eigenvalue weighted by Crippen LogP contribution is -2.58. The number of aromatic nitrogens is 4. The number of nitrogens with zero attached hydrogens (tertiary/aromatic N) is 5. The number of likely N-dealkylation sites (tertiary alicyclic amines) is 1. The van der Waals surface area contributed by atoms with E-state index in [-0.39, 0.29) is 23.9 Å². The van der Waals surface area contributed by atoms with Crippen molar-refractivity contribution >= 4 is 12.1 Å². The number of rotatable bonds is 4. The van der Waals surface area contributed by atoms with E-state index in [0.29, 0.717) is 19.6 Å². The number of ether oxygens (including phenoxy) is 1. The molecule has 0 spiro atoms. The maximum atomic E-state index is 12.6. The molecule has 3 aromatic rings. The Morgan fingerprint density at radius 1 is 1.11 bits per heavy atom. The average molecular weight is 490 g/mol. The zero-order valence-corrected chi connectivity index (χ0v) is 19.1. The van der Waals surface area contributed by atoms with Crippen LogP contribution in [0.2, 0.25) is 0 Å². The van der Waals surface area contributed by atoms with Gasteiger partial charge in [0.15, 0.2) is 0 Å². The lowest BCUT2D eigenvalue weighted by atomic mass is 10.1. The molecule has 35 heavy (non-hydrogen) atoms. The molecule has 4 rings (SSSR count). The molecule has 2 aromatic heterocycles. The Kier molecular flexibility index (Phi) is 8.29. The minimum atomic E-state index is -4.39. The molecule has 0 saturated carbocycles. The quantitative estimate of drug-likeness (QED) is 0.557. The molecule has 0 bridgehead atoms. The van der Waals surface area contributed by atoms with Crippen molar-refractivity contribution in [1.29, 1.82) is 0 Å². The summed E-state index contributed by atoms with van der Waals surface area (Å²) in [5.74, 6) is 0.162. The highest BCUT2D eigenvalue weighted by atomic mass is 19.4. The minimum absolute atomic E-state index is 0.162. The normalized spacial score (nSPS) is 13.2. The van der Waals surface area contributed by atoms with E-state index in [4.69, 9.17) is 4.74 Å². The Morgan fingerprint density at radius 2 is 1.74 bits per heavy atom. The van der Waals surface area contributed by atoms with Crippen LogP contribution in [-0.2, 0) is 6.18 Å². The largest absolute Gasteiger partial charge is 0.487 e. The maximum absolute atomic E-state index is 12.6. The summed E-state index contributed by atoms with van der Waals surface area (Å²) in [7, 11) is 0. The van der Waals surface area contributed by atoms with Gasteiger partial charge in [-0.25, -0.2) is 19.6 Å². The van der Waals surface area contributed by atoms with Gasteiger partial charge in [-0.05, 0) is 32.0 Å². The van der Waals surface area contributed by atoms with Crippen molar-refractivity contribution in [2.75, 3.05) is 19.6 Å². The first-order valence-corrected chi connectivity index (χ1v) is 10.6. The number of amides is 2. The van der Waals surface area contributed by atoms with Crippen LogP contribution in [0.25, 0.3) is 0 Å². The van der Waals surface area contributed by atoms with Crippen molar-refractivity contribution in [2.45, 2.75) is 26.1 Å². The lowest BCUT2D eigenvalue weighted by molar-refractivity contribution is -0.137. The number of allylic oxidation sites excluding steroid dienone is 1. The van der Waals surface area contributed by atoms with E-state index in [2.05, 4.69) is 15.3 Å². The zero-order chi connectivity index (χ0) is 25.4. The summed E-state index contributed by atoms with van der Waals surface area (Å²) in [6, 6.07) is 4.36. The van der Waals surface area contributed by atoms with Gasteiger partial charge in [0.05, 0.1) is 18.7 Å². The van der Waals surface area contributed by atoms with Gasteiger partial charge in [0.2, 0.25) is 0 Å². The zero-order valence-electron chi connectivity index (χ0n) is 19.1. The minimum Gasteiger partial charge on any atom is -0.487 e. The van der Waals surface area contributed by atoms with Gasteiger partial charge >= 0.3 is 18.2 Å². The highest BCUT2D eigenvalue weighted by molar-refractivity contribution is 5.78. The summed E-state index contributed by atoms with van der Waals surface area (Å²) < 4.78 is 46.1. The van der Waals surface area contributed by atoms with Gasteiger partial charge < -0.3 is 15.0 Å². The molecular weight excluding hydrogens is 465 g/mol. The fourth-order valence-corrected chi connectivity index (χ4v) is 2.95. The number of carbonyl (C=O) groups excluding carboxylic acids is 2. The summed E-state index contributed by atoms with van der Waals surface area (Å²) in [6.07, 6.45) is 6.39. The van der Waals surface area contributed by atoms with E-state index in [1.165, 1.54) is 33.9 Å². The van der Waals surface area contributed by atoms with Crippen LogP contribution < -0.4 is 10.1 Å². The number of halogens is 3. The van der Waals surface area contributed by atoms with Gasteiger partial charge in [-0.2, -0.15) is 13.2 Å². The van der Waals surface area contributed by atoms with E-state index >= 15 is 0 Å². The van der Waals surface area contributed by atoms with Crippen LogP contribution in [0.1, 0.15) is 19.4 Å². The molecule has 1 fully saturated rings. The van der Waals surface area contributed by atoms with E-state index in [1.807, 2.05) is 19.9 Å². The number of hydrogen-bond acceptors (Lipinski definition) is 5. The molecule has 12 heteroatoms. The molecule has 2 amide bonds. The number of carbonyl (C=O) groups is 2. The van der Waals surface area contributed by atoms with Crippen LogP contribution in [0.15, 0.2) is 73.4 Å². The summed E-state index contributed by atoms with van der Waals surface area (Å²) in [5, 5.41) is 2.74. The summed E-state index contributed by atoms with van der Waals surface area (Å²) in [4.78, 5) is 32.3. The van der Waals surface area contributed by atoms with Crippen molar-refractivity contribution < 1.29 is 27.5 Å². The third-order valence-corrected chi connectivity index (χ3v) is 4.81. The second kappa shape index (κ2) is 11.4. The predicted molar refractivity (Wildman–Crippen MR) is 121 cm³/mol. The van der Waals surface area contributed by atoms with Crippen LogP contribution in [0, 0.1) is 0 Å². The SMILES string of the molecule is CC(C)=CCNC(=O)N1CC(Oc2cccc(C(F)(F)F)c2)C1.O=C(n1ccnc1)n1ccnc1. The molecule has 0 radical (unpaired) electrons. The second-order valence-corrected chi connectivity index (χ2v) is 7.86. The highest BCUT2D eigenvalue weighted by Gasteiger charge is 2.33. The van der Waals surface area contributed by atoms with Crippen LogP contribution in [0.5, 0.6) is 5.75 Å². The van der Waals surface area contributed by atoms with Crippen LogP contribution in [0.4, 0.5) is 22.8 Å². The van der Waals surface area contributed by atoms with E-state index in [0.717, 1.165) is 17.7 Å². The van der Waals surface area contributed by atoms with Crippen molar-refractivity contribution in [3.8, 4) is 5.75 Å². The Morgan fingerprint density at radius 3 is 2.26 bits per heavy atom. The molecule has 0 unspecified atom stereocenters. The van der Waals surface area contributed by atoms with Crippen molar-refractivity contribution in [3.63, 3.8) is 0 Å². The molecule has 0 aliphatic carbocycles. The second-order valence-electron chi connectivity index (χ2n) is 7.86. The van der Waals surface area contributed by atoms with E-state index < -0.39 is 11.7 Å². The third-order valence-electron chi connectivity index (χ3n) is 4.81. The molecule has 1 aliphatic rings. The van der Waals surface area contributed by atoms with Gasteiger partial charge in [-0.15, -0.1) is 0 Å². The molecule has 3 heterocycles. The molecular formula is C23H25F3N6O3. The first kappa shape index (κ1) is 25.5. The molecule has 186 valence electrons. The molecule has 1 aliphatic heterocycles. The van der Waals surface area contributed by atoms with Gasteiger partial charge in [-0.3, -0.25) is 9.13 Å². The summed E-state index contributed by atoms with van der Waals surface area (Å²) in [6.45, 7) is 5.05. The molecule has 1 N–H and O–H groups in total. The van der Waals surface area contributed by atoms with Crippen molar-refractivity contribution in [1.82, 2.24) is 29.3 Å². The summed E-state index contributed by atoms with van der Waals surface area (Å²) >= 11 is 0. The van der Waals surface area contributed by atoms with Crippen LogP contribution >= 0.6 is 0 Å². The van der Waals surface area contributed by atoms with Gasteiger partial charge in [0.25, 0.3) is 0 Å². The first-order chi connectivity index (χ1) is 16.6. The Labute approximate surface area is 199 Å². The lowest BCUT2D eigenvalue weighted by Gasteiger charge is -2.38. The Bertz CT molecular complexity index is 1100. The number of nitrogens with one attached hydrogen (secondary N) is 1. The Balaban J connectivity index is 0.000000237. The molecule has 0 atom stereocenters. The molecule has 9 nitrogen and oxygen atoms in total. The van der Waals surface area contributed by atoms with Gasteiger partial charge in [0.1, 0.15) is 24.5 Å². The topological polar surface area (TPSA) is 94.3 Å². The van der Waals surface area contributed by atoms with E-state index in [9.17, 15) is 22.8 Å². The fourth-order valence-electron chi connectivity index (χ4n) is 2.95. The standard InChI is InChI=1S/C16H19F3N2O2.C7H6N4O/c1-11(2)6-7-20-15(22)21-9-14(10-21)23-13-5-3-4-12(8-13)16(17,18)19;12-7(10-3-1-8-5-10)11-4-2-9-6-11/h3-6,8,14H,7,9-10H2,1-2H3,(H,20,22);1-6H. The average Bonchev–Trinajstić information content (AvgIpc) is 3.50. The number of hydrogen-bond donors (Lipinski definition) is 1. The highest BCUT2D eigenvalue weighted by Crippen LogP contribution is 2.31. The molecule has 1 aromatic carbocycles. The number of imidazole rings is 2. The number of urea groups is 1. The molecule has 1 saturated heterocycles. The third kappa shape index (κ3) is 7.45. The summed E-state index contributed by atoms with van der Waals surface area (Å²) in [5.41, 5.74) is 0.366. The monoisotopic (exact) mass is 490 g/mol. The smallest absolute Gasteiger partial charge is 0.416 e. The van der Waals surface area contributed by atoms with Gasteiger partial charge in [-0.1, -0.05) is 17.7 Å².